The highest BCUT2D eigenvalue weighted by atomic mass is 16.6. The maximum absolute atomic E-state index is 11.4. The first-order valence-electron chi connectivity index (χ1n) is 4.88. The van der Waals surface area contributed by atoms with Gasteiger partial charge in [0.05, 0.1) is 6.61 Å². The van der Waals surface area contributed by atoms with Gasteiger partial charge in [-0.25, -0.2) is 4.79 Å². The molecule has 2 aliphatic heterocycles. The third-order valence-electron chi connectivity index (χ3n) is 2.50. The molecule has 0 aromatic heterocycles. The summed E-state index contributed by atoms with van der Waals surface area (Å²) in [5.74, 6) is 0.308. The first-order chi connectivity index (χ1) is 7.34. The van der Waals surface area contributed by atoms with E-state index in [2.05, 4.69) is 0 Å². The van der Waals surface area contributed by atoms with Crippen molar-refractivity contribution < 1.29 is 19.0 Å². The molecule has 78 valence electrons. The summed E-state index contributed by atoms with van der Waals surface area (Å²) in [5.41, 5.74) is 1.47. The quantitative estimate of drug-likeness (QED) is 0.549. The van der Waals surface area contributed by atoms with Crippen LogP contribution in [0.1, 0.15) is 15.9 Å². The van der Waals surface area contributed by atoms with E-state index in [1.54, 1.807) is 6.07 Å². The molecule has 0 bridgehead atoms. The molecule has 0 spiro atoms. The molecule has 1 aromatic rings. The molecule has 1 aromatic carbocycles. The van der Waals surface area contributed by atoms with Gasteiger partial charge in [-0.05, 0) is 6.07 Å². The number of carbonyl (C=O) groups is 1. The zero-order valence-corrected chi connectivity index (χ0v) is 8.06. The maximum atomic E-state index is 11.4. The Balaban J connectivity index is 1.86. The Hall–Kier alpha value is -1.55. The summed E-state index contributed by atoms with van der Waals surface area (Å²) in [6, 6.07) is 5.53. The summed E-state index contributed by atoms with van der Waals surface area (Å²) in [6.45, 7) is 1.61. The van der Waals surface area contributed by atoms with Gasteiger partial charge in [-0.15, -0.1) is 0 Å². The zero-order valence-electron chi connectivity index (χ0n) is 8.06. The SMILES string of the molecule is O=C1OCc2cccc(OCC3CO3)c21. The van der Waals surface area contributed by atoms with Gasteiger partial charge in [0, 0.05) is 5.56 Å². The molecule has 2 heterocycles. The summed E-state index contributed by atoms with van der Waals surface area (Å²) in [5, 5.41) is 0. The van der Waals surface area contributed by atoms with Crippen molar-refractivity contribution in [3.8, 4) is 5.75 Å². The Morgan fingerprint density at radius 1 is 1.47 bits per heavy atom. The lowest BCUT2D eigenvalue weighted by molar-refractivity contribution is 0.0532. The zero-order chi connectivity index (χ0) is 10.3. The fraction of sp³-hybridized carbons (Fsp3) is 0.364. The van der Waals surface area contributed by atoms with Crippen LogP contribution in [0.2, 0.25) is 0 Å². The number of esters is 1. The van der Waals surface area contributed by atoms with Gasteiger partial charge >= 0.3 is 5.97 Å². The van der Waals surface area contributed by atoms with Gasteiger partial charge in [0.15, 0.2) is 0 Å². The predicted molar refractivity (Wildman–Crippen MR) is 50.8 cm³/mol. The van der Waals surface area contributed by atoms with Crippen LogP contribution in [0.4, 0.5) is 0 Å². The fourth-order valence-corrected chi connectivity index (χ4v) is 1.61. The molecular weight excluding hydrogens is 196 g/mol. The second kappa shape index (κ2) is 3.24. The predicted octanol–water partition coefficient (Wildman–Crippen LogP) is 1.13. The van der Waals surface area contributed by atoms with Gasteiger partial charge in [-0.1, -0.05) is 12.1 Å². The minimum absolute atomic E-state index is 0.193. The Morgan fingerprint density at radius 3 is 3.13 bits per heavy atom. The number of hydrogen-bond acceptors (Lipinski definition) is 4. The highest BCUT2D eigenvalue weighted by Crippen LogP contribution is 2.29. The maximum Gasteiger partial charge on any atom is 0.342 e. The van der Waals surface area contributed by atoms with Crippen LogP contribution in [0.25, 0.3) is 0 Å². The van der Waals surface area contributed by atoms with Crippen molar-refractivity contribution in [2.45, 2.75) is 12.7 Å². The Kier molecular flexibility index (Phi) is 1.89. The first kappa shape index (κ1) is 8.73. The van der Waals surface area contributed by atoms with E-state index in [0.29, 0.717) is 24.5 Å². The molecule has 1 saturated heterocycles. The van der Waals surface area contributed by atoms with Crippen LogP contribution >= 0.6 is 0 Å². The summed E-state index contributed by atoms with van der Waals surface area (Å²) in [7, 11) is 0. The lowest BCUT2D eigenvalue weighted by atomic mass is 10.1. The normalized spacial score (nSPS) is 22.1. The van der Waals surface area contributed by atoms with E-state index >= 15 is 0 Å². The van der Waals surface area contributed by atoms with Crippen molar-refractivity contribution in [3.05, 3.63) is 29.3 Å². The Labute approximate surface area is 86.7 Å². The topological polar surface area (TPSA) is 48.1 Å². The number of fused-ring (bicyclic) bond motifs is 1. The largest absolute Gasteiger partial charge is 0.490 e. The standard InChI is InChI=1S/C11H10O4/c12-11-10-7(4-15-11)2-1-3-9(10)14-6-8-5-13-8/h1-3,8H,4-6H2. The molecule has 1 fully saturated rings. The highest BCUT2D eigenvalue weighted by molar-refractivity contribution is 5.96. The monoisotopic (exact) mass is 206 g/mol. The summed E-state index contributed by atoms with van der Waals surface area (Å²) < 4.78 is 15.5. The second-order valence-corrected chi connectivity index (χ2v) is 3.63. The number of rotatable bonds is 3. The molecule has 0 aliphatic carbocycles. The van der Waals surface area contributed by atoms with Gasteiger partial charge < -0.3 is 14.2 Å². The second-order valence-electron chi connectivity index (χ2n) is 3.63. The summed E-state index contributed by atoms with van der Waals surface area (Å²) >= 11 is 0. The van der Waals surface area contributed by atoms with Crippen LogP contribution < -0.4 is 4.74 Å². The van der Waals surface area contributed by atoms with Gasteiger partial charge in [0.2, 0.25) is 0 Å². The van der Waals surface area contributed by atoms with E-state index in [1.165, 1.54) is 0 Å². The first-order valence-corrected chi connectivity index (χ1v) is 4.88. The molecule has 15 heavy (non-hydrogen) atoms. The van der Waals surface area contributed by atoms with E-state index in [-0.39, 0.29) is 12.1 Å². The van der Waals surface area contributed by atoms with Gasteiger partial charge in [0.1, 0.15) is 30.6 Å². The Bertz CT molecular complexity index is 409. The van der Waals surface area contributed by atoms with Crippen molar-refractivity contribution in [3.63, 3.8) is 0 Å². The third-order valence-corrected chi connectivity index (χ3v) is 2.50. The molecule has 0 N–H and O–H groups in total. The minimum Gasteiger partial charge on any atom is -0.490 e. The van der Waals surface area contributed by atoms with Crippen LogP contribution in [0.15, 0.2) is 18.2 Å². The number of epoxide rings is 1. The van der Waals surface area contributed by atoms with E-state index in [0.717, 1.165) is 12.2 Å². The van der Waals surface area contributed by atoms with Crippen LogP contribution in [0.3, 0.4) is 0 Å². The average Bonchev–Trinajstić information content (AvgIpc) is 3.00. The third kappa shape index (κ3) is 1.57. The van der Waals surface area contributed by atoms with Gasteiger partial charge in [-0.3, -0.25) is 0 Å². The summed E-state index contributed by atoms with van der Waals surface area (Å²) in [4.78, 5) is 11.4. The van der Waals surface area contributed by atoms with Crippen LogP contribution in [0.5, 0.6) is 5.75 Å². The van der Waals surface area contributed by atoms with Crippen LogP contribution in [-0.2, 0) is 16.1 Å². The molecule has 4 nitrogen and oxygen atoms in total. The van der Waals surface area contributed by atoms with E-state index in [4.69, 9.17) is 14.2 Å². The lowest BCUT2D eigenvalue weighted by Crippen LogP contribution is -2.07. The molecule has 0 radical (unpaired) electrons. The Morgan fingerprint density at radius 2 is 2.33 bits per heavy atom. The number of ether oxygens (including phenoxy) is 3. The van der Waals surface area contributed by atoms with Gasteiger partial charge in [-0.2, -0.15) is 0 Å². The van der Waals surface area contributed by atoms with E-state index in [9.17, 15) is 4.79 Å². The van der Waals surface area contributed by atoms with Crippen molar-refractivity contribution in [2.24, 2.45) is 0 Å². The molecule has 0 saturated carbocycles. The fourth-order valence-electron chi connectivity index (χ4n) is 1.61. The van der Waals surface area contributed by atoms with Crippen LogP contribution in [0, 0.1) is 0 Å². The molecular formula is C11H10O4. The van der Waals surface area contributed by atoms with Crippen molar-refractivity contribution >= 4 is 5.97 Å². The molecule has 1 unspecified atom stereocenters. The number of cyclic esters (lactones) is 1. The van der Waals surface area contributed by atoms with E-state index in [1.807, 2.05) is 12.1 Å². The van der Waals surface area contributed by atoms with Crippen molar-refractivity contribution in [2.75, 3.05) is 13.2 Å². The highest BCUT2D eigenvalue weighted by Gasteiger charge is 2.28. The molecule has 1 atom stereocenters. The molecule has 0 amide bonds. The summed E-state index contributed by atoms with van der Waals surface area (Å²) in [6.07, 6.45) is 0.193. The van der Waals surface area contributed by atoms with Gasteiger partial charge in [0.25, 0.3) is 0 Å². The molecule has 4 heteroatoms. The van der Waals surface area contributed by atoms with Crippen LogP contribution in [-0.4, -0.2) is 25.3 Å². The van der Waals surface area contributed by atoms with Crippen molar-refractivity contribution in [1.82, 2.24) is 0 Å². The molecule has 2 aliphatic rings. The smallest absolute Gasteiger partial charge is 0.342 e. The average molecular weight is 206 g/mol. The van der Waals surface area contributed by atoms with E-state index < -0.39 is 0 Å². The van der Waals surface area contributed by atoms with Crippen molar-refractivity contribution in [1.29, 1.82) is 0 Å². The minimum atomic E-state index is -0.294. The number of carbonyl (C=O) groups excluding carboxylic acids is 1. The lowest BCUT2D eigenvalue weighted by Gasteiger charge is -2.06. The molecule has 3 rings (SSSR count). The number of hydrogen-bond donors (Lipinski definition) is 0. The number of benzene rings is 1.